The predicted molar refractivity (Wildman–Crippen MR) is 127 cm³/mol. The highest BCUT2D eigenvalue weighted by molar-refractivity contribution is 6.35. The van der Waals surface area contributed by atoms with Gasteiger partial charge in [-0.3, -0.25) is 9.59 Å². The minimum Gasteiger partial charge on any atom is -0.457 e. The summed E-state index contributed by atoms with van der Waals surface area (Å²) < 4.78 is 5.31. The summed E-state index contributed by atoms with van der Waals surface area (Å²) >= 11 is 11.8. The molecule has 1 unspecified atom stereocenters. The number of anilines is 1. The summed E-state index contributed by atoms with van der Waals surface area (Å²) in [6.07, 6.45) is 0. The zero-order chi connectivity index (χ0) is 24.0. The molecule has 0 aromatic heterocycles. The van der Waals surface area contributed by atoms with E-state index < -0.39 is 17.8 Å². The number of esters is 1. The van der Waals surface area contributed by atoms with Crippen molar-refractivity contribution in [2.24, 2.45) is 11.5 Å². The van der Waals surface area contributed by atoms with Gasteiger partial charge in [0.15, 0.2) is 0 Å². The Bertz CT molecular complexity index is 1150. The van der Waals surface area contributed by atoms with Gasteiger partial charge in [-0.2, -0.15) is 0 Å². The van der Waals surface area contributed by atoms with Crippen LogP contribution < -0.4 is 16.8 Å². The Hall–Kier alpha value is -3.39. The molecular weight excluding hydrogens is 465 g/mol. The number of benzene rings is 3. The van der Waals surface area contributed by atoms with Gasteiger partial charge in [0.05, 0.1) is 11.5 Å². The Kier molecular flexibility index (Phi) is 8.06. The van der Waals surface area contributed by atoms with Crippen molar-refractivity contribution in [3.05, 3.63) is 99.0 Å². The molecule has 3 aromatic carbocycles. The molecule has 9 heteroatoms. The lowest BCUT2D eigenvalue weighted by Gasteiger charge is -2.16. The molecule has 0 aliphatic heterocycles. The maximum atomic E-state index is 12.7. The van der Waals surface area contributed by atoms with Crippen LogP contribution in [0.3, 0.4) is 0 Å². The highest BCUT2D eigenvalue weighted by Gasteiger charge is 2.19. The van der Waals surface area contributed by atoms with Gasteiger partial charge in [-0.1, -0.05) is 47.5 Å². The van der Waals surface area contributed by atoms with Crippen LogP contribution in [0.1, 0.15) is 37.8 Å². The topological polar surface area (TPSA) is 125 Å². The number of carbonyl (C=O) groups excluding carboxylic acids is 3. The van der Waals surface area contributed by atoms with Gasteiger partial charge < -0.3 is 21.5 Å². The van der Waals surface area contributed by atoms with Crippen molar-refractivity contribution in [2.75, 3.05) is 11.9 Å². The van der Waals surface area contributed by atoms with Gasteiger partial charge in [0.1, 0.15) is 6.61 Å². The van der Waals surface area contributed by atoms with E-state index in [0.717, 1.165) is 5.56 Å². The van der Waals surface area contributed by atoms with Crippen molar-refractivity contribution in [3.63, 3.8) is 0 Å². The van der Waals surface area contributed by atoms with E-state index in [1.807, 2.05) is 0 Å². The molecule has 1 atom stereocenters. The SMILES string of the molecule is NCC(C(=O)Nc1ccc(C(N)=O)cc1)c1ccc(COC(=O)c2cc(Cl)cc(Cl)c2)cc1. The van der Waals surface area contributed by atoms with Gasteiger partial charge in [-0.25, -0.2) is 4.79 Å². The van der Waals surface area contributed by atoms with Crippen molar-refractivity contribution >= 4 is 46.7 Å². The first kappa shape index (κ1) is 24.3. The first-order valence-corrected chi connectivity index (χ1v) is 10.6. The van der Waals surface area contributed by atoms with Crippen LogP contribution in [-0.4, -0.2) is 24.3 Å². The number of nitrogens with two attached hydrogens (primary N) is 2. The smallest absolute Gasteiger partial charge is 0.338 e. The average molecular weight is 486 g/mol. The van der Waals surface area contributed by atoms with Crippen molar-refractivity contribution in [2.45, 2.75) is 12.5 Å². The second kappa shape index (κ2) is 11.0. The molecule has 0 fully saturated rings. The summed E-state index contributed by atoms with van der Waals surface area (Å²) in [4.78, 5) is 36.1. The molecule has 3 aromatic rings. The van der Waals surface area contributed by atoms with E-state index in [2.05, 4.69) is 5.32 Å². The Morgan fingerprint density at radius 3 is 2.03 bits per heavy atom. The molecule has 3 rings (SSSR count). The van der Waals surface area contributed by atoms with E-state index in [1.165, 1.54) is 30.3 Å². The quantitative estimate of drug-likeness (QED) is 0.413. The van der Waals surface area contributed by atoms with Crippen LogP contribution in [0.4, 0.5) is 5.69 Å². The first-order chi connectivity index (χ1) is 15.8. The monoisotopic (exact) mass is 485 g/mol. The first-order valence-electron chi connectivity index (χ1n) is 9.89. The Labute approximate surface area is 200 Å². The van der Waals surface area contributed by atoms with Crippen LogP contribution in [0.2, 0.25) is 10.0 Å². The lowest BCUT2D eigenvalue weighted by molar-refractivity contribution is -0.117. The lowest BCUT2D eigenvalue weighted by Crippen LogP contribution is -2.27. The zero-order valence-electron chi connectivity index (χ0n) is 17.4. The molecule has 0 bridgehead atoms. The molecule has 0 spiro atoms. The molecule has 0 saturated heterocycles. The second-order valence-electron chi connectivity index (χ2n) is 7.19. The standard InChI is InChI=1S/C24H21Cl2N3O4/c25-18-9-17(10-19(26)11-18)24(32)33-13-14-1-3-15(4-2-14)21(12-27)23(31)29-20-7-5-16(6-8-20)22(28)30/h1-11,21H,12-13,27H2,(H2,28,30)(H,29,31). The van der Waals surface area contributed by atoms with Crippen LogP contribution in [0, 0.1) is 0 Å². The normalized spacial score (nSPS) is 11.5. The van der Waals surface area contributed by atoms with Gasteiger partial charge >= 0.3 is 5.97 Å². The molecule has 33 heavy (non-hydrogen) atoms. The number of hydrogen-bond acceptors (Lipinski definition) is 5. The third-order valence-electron chi connectivity index (χ3n) is 4.84. The van der Waals surface area contributed by atoms with Gasteiger partial charge in [-0.15, -0.1) is 0 Å². The highest BCUT2D eigenvalue weighted by atomic mass is 35.5. The molecule has 5 N–H and O–H groups in total. The summed E-state index contributed by atoms with van der Waals surface area (Å²) in [5, 5.41) is 3.46. The maximum absolute atomic E-state index is 12.7. The number of primary amides is 1. The molecule has 0 aliphatic carbocycles. The van der Waals surface area contributed by atoms with Gasteiger partial charge in [-0.05, 0) is 53.6 Å². The predicted octanol–water partition coefficient (Wildman–Crippen LogP) is 4.13. The summed E-state index contributed by atoms with van der Waals surface area (Å²) in [5.41, 5.74) is 13.6. The fraction of sp³-hybridized carbons (Fsp3) is 0.125. The van der Waals surface area contributed by atoms with Gasteiger partial charge in [0, 0.05) is 27.8 Å². The molecule has 0 heterocycles. The number of nitrogens with one attached hydrogen (secondary N) is 1. The zero-order valence-corrected chi connectivity index (χ0v) is 18.9. The number of carbonyl (C=O) groups is 3. The summed E-state index contributed by atoms with van der Waals surface area (Å²) in [5.74, 6) is -1.98. The third kappa shape index (κ3) is 6.55. The van der Waals surface area contributed by atoms with Gasteiger partial charge in [0.2, 0.25) is 11.8 Å². The molecule has 7 nitrogen and oxygen atoms in total. The van der Waals surface area contributed by atoms with Crippen LogP contribution in [0.25, 0.3) is 0 Å². The van der Waals surface area contributed by atoms with Crippen molar-refractivity contribution in [1.82, 2.24) is 0 Å². The van der Waals surface area contributed by atoms with Crippen LogP contribution in [0.5, 0.6) is 0 Å². The van der Waals surface area contributed by atoms with Crippen molar-refractivity contribution in [1.29, 1.82) is 0 Å². The van der Waals surface area contributed by atoms with Crippen LogP contribution >= 0.6 is 23.2 Å². The molecule has 0 radical (unpaired) electrons. The summed E-state index contributed by atoms with van der Waals surface area (Å²) in [6.45, 7) is 0.129. The molecule has 170 valence electrons. The highest BCUT2D eigenvalue weighted by Crippen LogP contribution is 2.21. The van der Waals surface area contributed by atoms with Crippen LogP contribution in [0.15, 0.2) is 66.7 Å². The third-order valence-corrected chi connectivity index (χ3v) is 5.28. The van der Waals surface area contributed by atoms with Gasteiger partial charge in [0.25, 0.3) is 0 Å². The molecular formula is C24H21Cl2N3O4. The number of amides is 2. The lowest BCUT2D eigenvalue weighted by atomic mass is 9.97. The number of rotatable bonds is 8. The average Bonchev–Trinajstić information content (AvgIpc) is 2.78. The number of hydrogen-bond donors (Lipinski definition) is 3. The minimum atomic E-state index is -0.592. The van der Waals surface area contributed by atoms with E-state index in [9.17, 15) is 14.4 Å². The number of ether oxygens (including phenoxy) is 1. The van der Waals surface area contributed by atoms with Crippen molar-refractivity contribution < 1.29 is 19.1 Å². The molecule has 2 amide bonds. The van der Waals surface area contributed by atoms with E-state index in [4.69, 9.17) is 39.4 Å². The van der Waals surface area contributed by atoms with E-state index in [-0.39, 0.29) is 24.6 Å². The minimum absolute atomic E-state index is 0.0367. The van der Waals surface area contributed by atoms with E-state index >= 15 is 0 Å². The number of halogens is 2. The van der Waals surface area contributed by atoms with Crippen molar-refractivity contribution in [3.8, 4) is 0 Å². The largest absolute Gasteiger partial charge is 0.457 e. The Morgan fingerprint density at radius 2 is 1.48 bits per heavy atom. The Balaban J connectivity index is 1.61. The van der Waals surface area contributed by atoms with E-state index in [1.54, 1.807) is 36.4 Å². The fourth-order valence-electron chi connectivity index (χ4n) is 3.09. The summed E-state index contributed by atoms with van der Waals surface area (Å²) in [6, 6.07) is 17.8. The molecule has 0 aliphatic rings. The maximum Gasteiger partial charge on any atom is 0.338 e. The summed E-state index contributed by atoms with van der Waals surface area (Å²) in [7, 11) is 0. The fourth-order valence-corrected chi connectivity index (χ4v) is 3.62. The second-order valence-corrected chi connectivity index (χ2v) is 8.07. The Morgan fingerprint density at radius 1 is 0.879 bits per heavy atom. The van der Waals surface area contributed by atoms with E-state index in [0.29, 0.717) is 26.9 Å². The molecule has 0 saturated carbocycles. The van der Waals surface area contributed by atoms with Crippen LogP contribution in [-0.2, 0) is 16.1 Å².